The summed E-state index contributed by atoms with van der Waals surface area (Å²) in [5.74, 6) is -0.401. The smallest absolute Gasteiger partial charge is 0.307 e. The molecule has 1 saturated heterocycles. The zero-order valence-corrected chi connectivity index (χ0v) is 22.5. The number of benzene rings is 3. The first kappa shape index (κ1) is 24.1. The number of carboxylic acid groups (broad SMARTS) is 1. The van der Waals surface area contributed by atoms with E-state index in [1.807, 2.05) is 49.0 Å². The standard InChI is InChI=1S/C29H27ClN4O2S/c1-4-34-14-19(15-34)27-22-12-18(7-10-24(22)33(3)32-27)29-31-23-11-16(2)21(13-25(35)36)26(28(23)37-29)17-5-8-20(30)9-6-17/h5-12,19H,4,13-15H2,1-3H3,(H,35,36). The molecular weight excluding hydrogens is 504 g/mol. The third-order valence-electron chi connectivity index (χ3n) is 7.39. The van der Waals surface area contributed by atoms with E-state index >= 15 is 0 Å². The molecule has 0 unspecified atom stereocenters. The molecule has 6 nitrogen and oxygen atoms in total. The van der Waals surface area contributed by atoms with E-state index in [2.05, 4.69) is 30.0 Å². The molecular formula is C29H27ClN4O2S. The number of nitrogens with zero attached hydrogens (tertiary/aromatic N) is 4. The summed E-state index contributed by atoms with van der Waals surface area (Å²) in [6.07, 6.45) is -0.0475. The van der Waals surface area contributed by atoms with Gasteiger partial charge in [-0.05, 0) is 66.6 Å². The number of carboxylic acids is 1. The van der Waals surface area contributed by atoms with E-state index in [9.17, 15) is 9.90 Å². The van der Waals surface area contributed by atoms with E-state index in [4.69, 9.17) is 21.7 Å². The molecule has 1 fully saturated rings. The number of thiazole rings is 1. The van der Waals surface area contributed by atoms with Crippen LogP contribution in [-0.4, -0.2) is 50.4 Å². The highest BCUT2D eigenvalue weighted by molar-refractivity contribution is 7.22. The second-order valence-electron chi connectivity index (χ2n) is 9.78. The largest absolute Gasteiger partial charge is 0.481 e. The van der Waals surface area contributed by atoms with Crippen LogP contribution in [0.25, 0.3) is 42.8 Å². The zero-order chi connectivity index (χ0) is 25.8. The van der Waals surface area contributed by atoms with Crippen LogP contribution in [0.1, 0.15) is 29.7 Å². The van der Waals surface area contributed by atoms with Crippen molar-refractivity contribution in [2.75, 3.05) is 19.6 Å². The van der Waals surface area contributed by atoms with Crippen LogP contribution in [0.3, 0.4) is 0 Å². The third-order valence-corrected chi connectivity index (χ3v) is 8.78. The molecule has 37 heavy (non-hydrogen) atoms. The van der Waals surface area contributed by atoms with E-state index in [0.29, 0.717) is 10.9 Å². The normalized spacial score (nSPS) is 14.5. The van der Waals surface area contributed by atoms with Crippen molar-refractivity contribution in [1.82, 2.24) is 19.7 Å². The molecule has 188 valence electrons. The summed E-state index contributed by atoms with van der Waals surface area (Å²) in [6, 6.07) is 16.1. The van der Waals surface area contributed by atoms with Crippen LogP contribution in [0.4, 0.5) is 0 Å². The maximum atomic E-state index is 11.8. The molecule has 5 aromatic rings. The van der Waals surface area contributed by atoms with Gasteiger partial charge in [0.2, 0.25) is 0 Å². The molecule has 3 heterocycles. The molecule has 0 amide bonds. The van der Waals surface area contributed by atoms with Gasteiger partial charge in [0.15, 0.2) is 0 Å². The van der Waals surface area contributed by atoms with Gasteiger partial charge in [-0.2, -0.15) is 5.10 Å². The van der Waals surface area contributed by atoms with Gasteiger partial charge in [0.1, 0.15) is 5.01 Å². The van der Waals surface area contributed by atoms with Crippen LogP contribution in [0.5, 0.6) is 0 Å². The van der Waals surface area contributed by atoms with Crippen molar-refractivity contribution < 1.29 is 9.90 Å². The molecule has 6 rings (SSSR count). The predicted octanol–water partition coefficient (Wildman–Crippen LogP) is 6.53. The van der Waals surface area contributed by atoms with Crippen molar-refractivity contribution in [3.05, 3.63) is 70.4 Å². The minimum absolute atomic E-state index is 0.0475. The van der Waals surface area contributed by atoms with Crippen molar-refractivity contribution >= 4 is 50.0 Å². The zero-order valence-electron chi connectivity index (χ0n) is 21.0. The number of aromatic nitrogens is 3. The molecule has 0 aliphatic carbocycles. The molecule has 0 saturated carbocycles. The highest BCUT2D eigenvalue weighted by atomic mass is 35.5. The molecule has 3 aromatic carbocycles. The van der Waals surface area contributed by atoms with E-state index in [1.165, 1.54) is 5.39 Å². The highest BCUT2D eigenvalue weighted by Crippen LogP contribution is 2.42. The number of hydrogen-bond acceptors (Lipinski definition) is 5. The van der Waals surface area contributed by atoms with Crippen molar-refractivity contribution in [2.24, 2.45) is 7.05 Å². The number of aryl methyl sites for hydroxylation is 2. The van der Waals surface area contributed by atoms with Crippen molar-refractivity contribution in [3.63, 3.8) is 0 Å². The van der Waals surface area contributed by atoms with Crippen LogP contribution in [0, 0.1) is 6.92 Å². The summed E-state index contributed by atoms with van der Waals surface area (Å²) < 4.78 is 2.96. The Kier molecular flexibility index (Phi) is 6.02. The van der Waals surface area contributed by atoms with Gasteiger partial charge in [0.25, 0.3) is 0 Å². The van der Waals surface area contributed by atoms with Crippen molar-refractivity contribution in [2.45, 2.75) is 26.2 Å². The lowest BCUT2D eigenvalue weighted by Crippen LogP contribution is -2.44. The molecule has 1 N–H and O–H groups in total. The predicted molar refractivity (Wildman–Crippen MR) is 151 cm³/mol. The van der Waals surface area contributed by atoms with Gasteiger partial charge in [-0.25, -0.2) is 4.98 Å². The average molecular weight is 531 g/mol. The highest BCUT2D eigenvalue weighted by Gasteiger charge is 2.30. The van der Waals surface area contributed by atoms with Gasteiger partial charge in [-0.3, -0.25) is 9.48 Å². The van der Waals surface area contributed by atoms with E-state index in [1.54, 1.807) is 11.3 Å². The Morgan fingerprint density at radius 1 is 1.14 bits per heavy atom. The third kappa shape index (κ3) is 4.21. The Morgan fingerprint density at radius 2 is 1.86 bits per heavy atom. The Balaban J connectivity index is 1.50. The number of hydrogen-bond donors (Lipinski definition) is 1. The Morgan fingerprint density at radius 3 is 2.57 bits per heavy atom. The van der Waals surface area contributed by atoms with Crippen LogP contribution in [0.15, 0.2) is 48.5 Å². The number of halogens is 1. The van der Waals surface area contributed by atoms with Gasteiger partial charge in [0, 0.05) is 47.6 Å². The first-order valence-corrected chi connectivity index (χ1v) is 13.6. The SMILES string of the molecule is CCN1CC(c2nn(C)c3ccc(-c4nc5cc(C)c(CC(=O)O)c(-c6ccc(Cl)cc6)c5s4)cc23)C1. The van der Waals surface area contributed by atoms with Crippen LogP contribution in [0.2, 0.25) is 5.02 Å². The summed E-state index contributed by atoms with van der Waals surface area (Å²) in [6.45, 7) is 7.31. The minimum atomic E-state index is -0.852. The summed E-state index contributed by atoms with van der Waals surface area (Å²) >= 11 is 7.77. The van der Waals surface area contributed by atoms with Gasteiger partial charge in [-0.1, -0.05) is 30.7 Å². The van der Waals surface area contributed by atoms with Crippen molar-refractivity contribution in [3.8, 4) is 21.7 Å². The summed E-state index contributed by atoms with van der Waals surface area (Å²) in [7, 11) is 2.00. The summed E-state index contributed by atoms with van der Waals surface area (Å²) in [5.41, 5.74) is 7.81. The number of aliphatic carboxylic acids is 1. The summed E-state index contributed by atoms with van der Waals surface area (Å²) in [4.78, 5) is 19.2. The average Bonchev–Trinajstić information content (AvgIpc) is 3.40. The van der Waals surface area contributed by atoms with Crippen LogP contribution >= 0.6 is 22.9 Å². The first-order valence-electron chi connectivity index (χ1n) is 12.4. The van der Waals surface area contributed by atoms with Gasteiger partial charge in [0.05, 0.1) is 27.8 Å². The summed E-state index contributed by atoms with van der Waals surface area (Å²) in [5, 5.41) is 17.3. The lowest BCUT2D eigenvalue weighted by atomic mass is 9.93. The Bertz CT molecular complexity index is 1670. The van der Waals surface area contributed by atoms with Gasteiger partial charge in [-0.15, -0.1) is 11.3 Å². The molecule has 0 bridgehead atoms. The quantitative estimate of drug-likeness (QED) is 0.270. The van der Waals surface area contributed by atoms with E-state index in [0.717, 1.165) is 73.9 Å². The number of likely N-dealkylation sites (tertiary alicyclic amines) is 1. The maximum Gasteiger partial charge on any atom is 0.307 e. The fourth-order valence-corrected chi connectivity index (χ4v) is 6.65. The fraction of sp³-hybridized carbons (Fsp3) is 0.276. The Hall–Kier alpha value is -3.26. The first-order chi connectivity index (χ1) is 17.8. The number of fused-ring (bicyclic) bond motifs is 2. The number of carbonyl (C=O) groups is 1. The second-order valence-corrected chi connectivity index (χ2v) is 11.2. The fourth-order valence-electron chi connectivity index (χ4n) is 5.39. The number of likely N-dealkylation sites (N-methyl/N-ethyl adjacent to an activating group) is 1. The van der Waals surface area contributed by atoms with E-state index in [-0.39, 0.29) is 6.42 Å². The molecule has 1 aliphatic rings. The van der Waals surface area contributed by atoms with Gasteiger partial charge < -0.3 is 10.0 Å². The maximum absolute atomic E-state index is 11.8. The number of rotatable bonds is 6. The van der Waals surface area contributed by atoms with Crippen LogP contribution < -0.4 is 0 Å². The lowest BCUT2D eigenvalue weighted by molar-refractivity contribution is -0.136. The molecule has 2 aromatic heterocycles. The minimum Gasteiger partial charge on any atom is -0.481 e. The molecule has 0 spiro atoms. The van der Waals surface area contributed by atoms with E-state index < -0.39 is 5.97 Å². The second kappa shape index (κ2) is 9.24. The molecule has 1 aliphatic heterocycles. The monoisotopic (exact) mass is 530 g/mol. The van der Waals surface area contributed by atoms with Crippen LogP contribution in [-0.2, 0) is 18.3 Å². The molecule has 0 atom stereocenters. The lowest BCUT2D eigenvalue weighted by Gasteiger charge is -2.37. The van der Waals surface area contributed by atoms with Gasteiger partial charge >= 0.3 is 5.97 Å². The van der Waals surface area contributed by atoms with Crippen molar-refractivity contribution in [1.29, 1.82) is 0 Å². The molecule has 8 heteroatoms. The molecule has 0 radical (unpaired) electrons. The Labute approximate surface area is 224 Å². The topological polar surface area (TPSA) is 71.2 Å².